The van der Waals surface area contributed by atoms with Crippen molar-refractivity contribution in [2.45, 2.75) is 69.0 Å². The number of fused-ring (bicyclic) bond motifs is 6. The van der Waals surface area contributed by atoms with Crippen molar-refractivity contribution in [1.29, 1.82) is 0 Å². The first kappa shape index (κ1) is 30.5. The molecule has 4 aliphatic heterocycles. The molecule has 0 amide bonds. The minimum absolute atomic E-state index is 0.0644. The number of anilines is 2. The number of aryl methyl sites for hydroxylation is 1. The molecule has 8 rings (SSSR count). The summed E-state index contributed by atoms with van der Waals surface area (Å²) in [5.41, 5.74) is 1.20. The molecule has 2 bridgehead atoms. The lowest BCUT2D eigenvalue weighted by atomic mass is 9.91. The zero-order valence-electron chi connectivity index (χ0n) is 25.9. The smallest absolute Gasteiger partial charge is 0.417 e. The van der Waals surface area contributed by atoms with E-state index in [2.05, 4.69) is 20.3 Å². The van der Waals surface area contributed by atoms with Crippen LogP contribution in [0.25, 0.3) is 32.9 Å². The number of hydrogen-bond donors (Lipinski definition) is 2. The van der Waals surface area contributed by atoms with Gasteiger partial charge in [-0.15, -0.1) is 0 Å². The number of nitrogen functional groups attached to an aromatic ring is 1. The van der Waals surface area contributed by atoms with E-state index in [1.165, 1.54) is 4.68 Å². The van der Waals surface area contributed by atoms with Crippen molar-refractivity contribution in [3.05, 3.63) is 35.0 Å². The Labute approximate surface area is 266 Å². The number of nitrogens with one attached hydrogen (secondary N) is 1. The Bertz CT molecular complexity index is 1920. The first-order valence-electron chi connectivity index (χ1n) is 15.9. The number of rotatable bonds is 5. The van der Waals surface area contributed by atoms with E-state index in [1.807, 2.05) is 4.90 Å². The molecule has 0 aliphatic carbocycles. The molecule has 2 aromatic carbocycles. The summed E-state index contributed by atoms with van der Waals surface area (Å²) in [5, 5.41) is 8.58. The molecular weight excluding hydrogens is 626 g/mol. The van der Waals surface area contributed by atoms with Crippen molar-refractivity contribution in [2.75, 3.05) is 43.4 Å². The van der Waals surface area contributed by atoms with Crippen molar-refractivity contribution in [3.63, 3.8) is 0 Å². The number of ether oxygens (including phenoxy) is 1. The third-order valence-electron chi connectivity index (χ3n) is 10.5. The Morgan fingerprint density at radius 2 is 1.83 bits per heavy atom. The van der Waals surface area contributed by atoms with Gasteiger partial charge < -0.3 is 20.7 Å². The van der Waals surface area contributed by atoms with Gasteiger partial charge in [0.2, 0.25) is 0 Å². The molecule has 0 radical (unpaired) electrons. The third kappa shape index (κ3) is 4.79. The highest BCUT2D eigenvalue weighted by atomic mass is 19.4. The minimum Gasteiger partial charge on any atom is -0.461 e. The van der Waals surface area contributed by atoms with Crippen molar-refractivity contribution < 1.29 is 31.1 Å². The quantitative estimate of drug-likeness (QED) is 0.221. The van der Waals surface area contributed by atoms with E-state index in [4.69, 9.17) is 15.5 Å². The lowest BCUT2D eigenvalue weighted by Crippen LogP contribution is -2.51. The Morgan fingerprint density at radius 1 is 1.09 bits per heavy atom. The number of halogens is 6. The van der Waals surface area contributed by atoms with Gasteiger partial charge in [0.05, 0.1) is 22.2 Å². The maximum absolute atomic E-state index is 17.1. The van der Waals surface area contributed by atoms with Crippen LogP contribution in [0.15, 0.2) is 12.3 Å². The molecule has 4 atom stereocenters. The standard InChI is InChI=1S/C32H34F6N8O/c1-15-24(32(36,37)38)19(8-21(39)25(15)34)22-26(35)28-23(20-13-44(2)43-27(20)22)29(45-11-17-4-5-18(12-45)40-17)42-30(41-28)47-14-31-6-3-7-46(31)10-16(33)9-31/h8,13,16-18,40H,3-7,9-12,14,39H2,1-2H3/t16-,17-,18+,31+/m1/s1. The lowest BCUT2D eigenvalue weighted by molar-refractivity contribution is -0.137. The van der Waals surface area contributed by atoms with E-state index in [-0.39, 0.29) is 41.1 Å². The maximum Gasteiger partial charge on any atom is 0.417 e. The number of benzene rings is 2. The molecule has 0 unspecified atom stereocenters. The molecular formula is C32H34F6N8O. The fourth-order valence-electron chi connectivity index (χ4n) is 8.45. The average Bonchev–Trinajstić information content (AvgIpc) is 3.75. The normalized spacial score (nSPS) is 26.2. The molecule has 4 aliphatic rings. The van der Waals surface area contributed by atoms with Crippen molar-refractivity contribution in [1.82, 2.24) is 30.0 Å². The molecule has 9 nitrogen and oxygen atoms in total. The third-order valence-corrected chi connectivity index (χ3v) is 10.5. The average molecular weight is 661 g/mol. The fraction of sp³-hybridized carbons (Fsp3) is 0.531. The SMILES string of the molecule is Cc1c(F)c(N)cc(-c2c(F)c3nc(OC[C@@]45CCCN4C[C@H](F)C5)nc(N4C[C@H]5CC[C@@H](C4)N5)c3c3cn(C)nc23)c1C(F)(F)F. The van der Waals surface area contributed by atoms with Gasteiger partial charge in [-0.25, -0.2) is 13.2 Å². The molecule has 0 spiro atoms. The van der Waals surface area contributed by atoms with Crippen LogP contribution in [0.4, 0.5) is 37.8 Å². The molecule has 4 fully saturated rings. The van der Waals surface area contributed by atoms with Crippen LogP contribution in [-0.4, -0.2) is 81.2 Å². The number of piperazine rings is 1. The van der Waals surface area contributed by atoms with Gasteiger partial charge in [0.25, 0.3) is 0 Å². The molecule has 250 valence electrons. The van der Waals surface area contributed by atoms with Crippen LogP contribution in [0.3, 0.4) is 0 Å². The molecule has 4 saturated heterocycles. The summed E-state index contributed by atoms with van der Waals surface area (Å²) < 4.78 is 97.6. The number of alkyl halides is 4. The summed E-state index contributed by atoms with van der Waals surface area (Å²) in [4.78, 5) is 13.4. The first-order valence-corrected chi connectivity index (χ1v) is 15.9. The summed E-state index contributed by atoms with van der Waals surface area (Å²) in [6.07, 6.45) is -0.592. The molecule has 0 saturated carbocycles. The van der Waals surface area contributed by atoms with Crippen molar-refractivity contribution in [3.8, 4) is 17.1 Å². The van der Waals surface area contributed by atoms with E-state index in [9.17, 15) is 22.0 Å². The fourth-order valence-corrected chi connectivity index (χ4v) is 8.45. The van der Waals surface area contributed by atoms with E-state index in [1.54, 1.807) is 13.2 Å². The van der Waals surface area contributed by atoms with Gasteiger partial charge in [-0.3, -0.25) is 9.58 Å². The predicted molar refractivity (Wildman–Crippen MR) is 164 cm³/mol. The molecule has 4 aromatic rings. The topological polar surface area (TPSA) is 97.4 Å². The van der Waals surface area contributed by atoms with Gasteiger partial charge in [-0.2, -0.15) is 28.2 Å². The minimum atomic E-state index is -5.04. The van der Waals surface area contributed by atoms with E-state index in [0.717, 1.165) is 45.2 Å². The van der Waals surface area contributed by atoms with Gasteiger partial charge in [-0.05, 0) is 50.8 Å². The van der Waals surface area contributed by atoms with Crippen LogP contribution in [0.2, 0.25) is 0 Å². The van der Waals surface area contributed by atoms with E-state index in [0.29, 0.717) is 37.3 Å². The Balaban J connectivity index is 1.37. The molecule has 3 N–H and O–H groups in total. The van der Waals surface area contributed by atoms with Crippen LogP contribution >= 0.6 is 0 Å². The van der Waals surface area contributed by atoms with E-state index < -0.39 is 57.5 Å². The largest absolute Gasteiger partial charge is 0.461 e. The summed E-state index contributed by atoms with van der Waals surface area (Å²) in [7, 11) is 1.58. The van der Waals surface area contributed by atoms with Crippen LogP contribution in [0.1, 0.15) is 43.2 Å². The van der Waals surface area contributed by atoms with Crippen LogP contribution < -0.4 is 20.7 Å². The van der Waals surface area contributed by atoms with Crippen molar-refractivity contribution >= 4 is 33.3 Å². The highest BCUT2D eigenvalue weighted by molar-refractivity contribution is 6.16. The summed E-state index contributed by atoms with van der Waals surface area (Å²) >= 11 is 0. The Morgan fingerprint density at radius 3 is 2.55 bits per heavy atom. The summed E-state index contributed by atoms with van der Waals surface area (Å²) in [6, 6.07) is 1.02. The predicted octanol–water partition coefficient (Wildman–Crippen LogP) is 5.27. The highest BCUT2D eigenvalue weighted by Crippen LogP contribution is 2.48. The van der Waals surface area contributed by atoms with Crippen LogP contribution in [0, 0.1) is 18.6 Å². The van der Waals surface area contributed by atoms with Gasteiger partial charge in [-0.1, -0.05) is 0 Å². The van der Waals surface area contributed by atoms with Gasteiger partial charge >= 0.3 is 12.2 Å². The van der Waals surface area contributed by atoms with Crippen LogP contribution in [-0.2, 0) is 13.2 Å². The lowest BCUT2D eigenvalue weighted by Gasteiger charge is -2.35. The monoisotopic (exact) mass is 660 g/mol. The van der Waals surface area contributed by atoms with Gasteiger partial charge in [0, 0.05) is 67.9 Å². The number of hydrogen-bond acceptors (Lipinski definition) is 8. The first-order chi connectivity index (χ1) is 22.3. The summed E-state index contributed by atoms with van der Waals surface area (Å²) in [6.45, 7) is 3.25. The van der Waals surface area contributed by atoms with Gasteiger partial charge in [0.1, 0.15) is 35.4 Å². The molecule has 47 heavy (non-hydrogen) atoms. The second-order valence-electron chi connectivity index (χ2n) is 13.5. The number of nitrogens with two attached hydrogens (primary N) is 1. The summed E-state index contributed by atoms with van der Waals surface area (Å²) in [5.74, 6) is -1.93. The molecule has 6 heterocycles. The Kier molecular flexibility index (Phi) is 6.86. The zero-order chi connectivity index (χ0) is 33.0. The van der Waals surface area contributed by atoms with Crippen molar-refractivity contribution in [2.24, 2.45) is 7.05 Å². The second kappa shape index (κ2) is 10.6. The highest BCUT2D eigenvalue weighted by Gasteiger charge is 2.49. The zero-order valence-corrected chi connectivity index (χ0v) is 25.9. The molecule has 15 heteroatoms. The number of aromatic nitrogens is 4. The second-order valence-corrected chi connectivity index (χ2v) is 13.5. The van der Waals surface area contributed by atoms with E-state index >= 15 is 4.39 Å². The Hall–Kier alpha value is -3.85. The van der Waals surface area contributed by atoms with Crippen LogP contribution in [0.5, 0.6) is 6.01 Å². The van der Waals surface area contributed by atoms with Gasteiger partial charge in [0.15, 0.2) is 5.82 Å². The molecule has 2 aromatic heterocycles. The number of nitrogens with zero attached hydrogens (tertiary/aromatic N) is 6. The maximum atomic E-state index is 17.1.